The van der Waals surface area contributed by atoms with E-state index in [1.807, 2.05) is 49.4 Å². The Labute approximate surface area is 229 Å². The van der Waals surface area contributed by atoms with Crippen molar-refractivity contribution in [3.05, 3.63) is 101 Å². The van der Waals surface area contributed by atoms with E-state index in [1.165, 1.54) is 12.0 Å². The molecule has 0 aromatic heterocycles. The van der Waals surface area contributed by atoms with E-state index < -0.39 is 17.7 Å². The Kier molecular flexibility index (Phi) is 9.39. The van der Waals surface area contributed by atoms with Crippen molar-refractivity contribution in [2.24, 2.45) is 0 Å². The van der Waals surface area contributed by atoms with E-state index in [9.17, 15) is 14.7 Å². The maximum absolute atomic E-state index is 13.2. The van der Waals surface area contributed by atoms with Crippen LogP contribution in [0.4, 0.5) is 0 Å². The Balaban J connectivity index is 1.60. The number of benzene rings is 3. The third-order valence-electron chi connectivity index (χ3n) is 6.65. The van der Waals surface area contributed by atoms with Gasteiger partial charge in [0.05, 0.1) is 24.8 Å². The van der Waals surface area contributed by atoms with E-state index in [0.717, 1.165) is 24.0 Å². The fraction of sp³-hybridized carbons (Fsp3) is 0.312. The summed E-state index contributed by atoms with van der Waals surface area (Å²) in [6, 6.07) is 21.5. The van der Waals surface area contributed by atoms with Gasteiger partial charge in [0.1, 0.15) is 23.9 Å². The maximum atomic E-state index is 13.2. The first-order valence-electron chi connectivity index (χ1n) is 13.2. The number of methoxy groups -OCH3 is 1. The van der Waals surface area contributed by atoms with E-state index in [2.05, 4.69) is 13.0 Å². The van der Waals surface area contributed by atoms with Crippen LogP contribution in [0.2, 0.25) is 0 Å². The van der Waals surface area contributed by atoms with Gasteiger partial charge in [-0.15, -0.1) is 0 Å². The Hall–Kier alpha value is -4.10. The lowest BCUT2D eigenvalue weighted by atomic mass is 9.95. The van der Waals surface area contributed by atoms with Crippen LogP contribution in [-0.4, -0.2) is 48.6 Å². The van der Waals surface area contributed by atoms with Crippen LogP contribution >= 0.6 is 0 Å². The molecule has 3 aromatic rings. The Morgan fingerprint density at radius 3 is 2.28 bits per heavy atom. The first-order valence-corrected chi connectivity index (χ1v) is 13.2. The second kappa shape index (κ2) is 13.1. The third-order valence-corrected chi connectivity index (χ3v) is 6.65. The number of unbranched alkanes of at least 4 members (excludes halogenated alkanes) is 1. The van der Waals surface area contributed by atoms with Crippen LogP contribution < -0.4 is 9.47 Å². The number of aliphatic hydroxyl groups excluding tert-OH is 1. The highest BCUT2D eigenvalue weighted by Crippen LogP contribution is 2.39. The number of rotatable bonds is 12. The standard InChI is InChI=1S/C32H35NO6/c1-4-5-18-38-26-13-9-24(10-14-26)29-28(31(35)32(36)33(29)17-19-37-3)30(34)25-11-15-27(16-12-25)39-21-23-8-6-7-22(2)20-23/h6-16,20,29,34H,4-5,17-19,21H2,1-3H3/b30-28-. The minimum Gasteiger partial charge on any atom is -0.507 e. The number of aryl methyl sites for hydroxylation is 1. The normalized spacial score (nSPS) is 16.5. The predicted octanol–water partition coefficient (Wildman–Crippen LogP) is 5.82. The van der Waals surface area contributed by atoms with Gasteiger partial charge in [0.15, 0.2) is 0 Å². The van der Waals surface area contributed by atoms with Gasteiger partial charge in [0.25, 0.3) is 11.7 Å². The molecule has 0 aliphatic carbocycles. The van der Waals surface area contributed by atoms with Crippen LogP contribution in [0, 0.1) is 6.92 Å². The van der Waals surface area contributed by atoms with Gasteiger partial charge in [-0.25, -0.2) is 0 Å². The van der Waals surface area contributed by atoms with E-state index in [4.69, 9.17) is 14.2 Å². The largest absolute Gasteiger partial charge is 0.507 e. The molecule has 1 N–H and O–H groups in total. The molecule has 1 aliphatic heterocycles. The van der Waals surface area contributed by atoms with E-state index in [1.54, 1.807) is 24.3 Å². The third kappa shape index (κ3) is 6.67. The molecule has 204 valence electrons. The number of aliphatic hydroxyl groups is 1. The smallest absolute Gasteiger partial charge is 0.295 e. The molecule has 1 heterocycles. The predicted molar refractivity (Wildman–Crippen MR) is 150 cm³/mol. The second-order valence-corrected chi connectivity index (χ2v) is 9.56. The number of amides is 1. The highest BCUT2D eigenvalue weighted by Gasteiger charge is 2.45. The summed E-state index contributed by atoms with van der Waals surface area (Å²) in [5.74, 6) is -0.283. The fourth-order valence-corrected chi connectivity index (χ4v) is 4.56. The number of likely N-dealkylation sites (tertiary alicyclic amines) is 1. The van der Waals surface area contributed by atoms with Crippen LogP contribution in [-0.2, 0) is 20.9 Å². The summed E-state index contributed by atoms with van der Waals surface area (Å²) in [4.78, 5) is 27.6. The summed E-state index contributed by atoms with van der Waals surface area (Å²) in [6.07, 6.45) is 1.99. The summed E-state index contributed by atoms with van der Waals surface area (Å²) in [5.41, 5.74) is 3.38. The number of ketones is 1. The van der Waals surface area contributed by atoms with Crippen LogP contribution in [0.15, 0.2) is 78.4 Å². The highest BCUT2D eigenvalue weighted by atomic mass is 16.5. The van der Waals surface area contributed by atoms with Crippen molar-refractivity contribution < 1.29 is 28.9 Å². The number of Topliss-reactive ketones (excluding diaryl/α,β-unsaturated/α-hetero) is 1. The van der Waals surface area contributed by atoms with E-state index >= 15 is 0 Å². The topological polar surface area (TPSA) is 85.3 Å². The molecule has 1 fully saturated rings. The molecule has 1 unspecified atom stereocenters. The molecule has 1 aliphatic rings. The van der Waals surface area contributed by atoms with Gasteiger partial charge in [-0.1, -0.05) is 55.3 Å². The summed E-state index contributed by atoms with van der Waals surface area (Å²) < 4.78 is 16.8. The molecule has 0 saturated carbocycles. The molecule has 7 heteroatoms. The molecule has 7 nitrogen and oxygen atoms in total. The van der Waals surface area contributed by atoms with Crippen molar-refractivity contribution in [1.29, 1.82) is 0 Å². The van der Waals surface area contributed by atoms with Crippen molar-refractivity contribution in [3.8, 4) is 11.5 Å². The maximum Gasteiger partial charge on any atom is 0.295 e. The van der Waals surface area contributed by atoms with Crippen molar-refractivity contribution in [2.45, 2.75) is 39.3 Å². The van der Waals surface area contributed by atoms with Crippen molar-refractivity contribution in [3.63, 3.8) is 0 Å². The highest BCUT2D eigenvalue weighted by molar-refractivity contribution is 6.46. The molecule has 4 rings (SSSR count). The number of ether oxygens (including phenoxy) is 3. The van der Waals surface area contributed by atoms with E-state index in [0.29, 0.717) is 35.8 Å². The summed E-state index contributed by atoms with van der Waals surface area (Å²) in [5, 5.41) is 11.3. The van der Waals surface area contributed by atoms with Gasteiger partial charge in [-0.3, -0.25) is 9.59 Å². The lowest BCUT2D eigenvalue weighted by molar-refractivity contribution is -0.140. The van der Waals surface area contributed by atoms with Crippen molar-refractivity contribution in [1.82, 2.24) is 4.90 Å². The molecule has 1 atom stereocenters. The Morgan fingerprint density at radius 2 is 1.62 bits per heavy atom. The van der Waals surface area contributed by atoms with Crippen molar-refractivity contribution in [2.75, 3.05) is 26.9 Å². The van der Waals surface area contributed by atoms with Gasteiger partial charge < -0.3 is 24.2 Å². The van der Waals surface area contributed by atoms with Crippen LogP contribution in [0.25, 0.3) is 5.76 Å². The number of hydrogen-bond acceptors (Lipinski definition) is 6. The Morgan fingerprint density at radius 1 is 0.923 bits per heavy atom. The molecule has 3 aromatic carbocycles. The average molecular weight is 530 g/mol. The van der Waals surface area contributed by atoms with Crippen LogP contribution in [0.1, 0.15) is 48.1 Å². The zero-order chi connectivity index (χ0) is 27.8. The minimum atomic E-state index is -0.748. The molecule has 0 spiro atoms. The van der Waals surface area contributed by atoms with Gasteiger partial charge in [0.2, 0.25) is 0 Å². The second-order valence-electron chi connectivity index (χ2n) is 9.56. The monoisotopic (exact) mass is 529 g/mol. The number of carbonyl (C=O) groups is 2. The minimum absolute atomic E-state index is 0.0455. The average Bonchev–Trinajstić information content (AvgIpc) is 3.20. The molecule has 0 radical (unpaired) electrons. The number of hydrogen-bond donors (Lipinski definition) is 1. The van der Waals surface area contributed by atoms with Gasteiger partial charge in [-0.05, 0) is 60.9 Å². The molecule has 39 heavy (non-hydrogen) atoms. The molecular formula is C32H35NO6. The zero-order valence-corrected chi connectivity index (χ0v) is 22.7. The molecular weight excluding hydrogens is 494 g/mol. The lowest BCUT2D eigenvalue weighted by Crippen LogP contribution is -2.32. The quantitative estimate of drug-likeness (QED) is 0.138. The van der Waals surface area contributed by atoms with Gasteiger partial charge in [0, 0.05) is 19.2 Å². The number of nitrogens with zero attached hydrogens (tertiary/aromatic N) is 1. The summed E-state index contributed by atoms with van der Waals surface area (Å²) >= 11 is 0. The first-order chi connectivity index (χ1) is 18.9. The van der Waals surface area contributed by atoms with Gasteiger partial charge in [-0.2, -0.15) is 0 Å². The lowest BCUT2D eigenvalue weighted by Gasteiger charge is -2.25. The number of carbonyl (C=O) groups excluding carboxylic acids is 2. The van der Waals surface area contributed by atoms with Crippen LogP contribution in [0.3, 0.4) is 0 Å². The van der Waals surface area contributed by atoms with Crippen molar-refractivity contribution >= 4 is 17.4 Å². The Bertz CT molecular complexity index is 1310. The SMILES string of the molecule is CCCCOc1ccc(C2/C(=C(/O)c3ccc(OCc4cccc(C)c4)cc3)C(=O)C(=O)N2CCOC)cc1. The van der Waals surface area contributed by atoms with Gasteiger partial charge >= 0.3 is 0 Å². The summed E-state index contributed by atoms with van der Waals surface area (Å²) in [6.45, 7) is 5.63. The molecule has 1 saturated heterocycles. The van der Waals surface area contributed by atoms with Crippen LogP contribution in [0.5, 0.6) is 11.5 Å². The summed E-state index contributed by atoms with van der Waals surface area (Å²) in [7, 11) is 1.54. The molecule has 0 bridgehead atoms. The van der Waals surface area contributed by atoms with E-state index in [-0.39, 0.29) is 24.5 Å². The zero-order valence-electron chi connectivity index (χ0n) is 22.7. The fourth-order valence-electron chi connectivity index (χ4n) is 4.56. The molecule has 1 amide bonds. The first kappa shape index (κ1) is 27.9.